The normalized spacial score (nSPS) is 14.2. The van der Waals surface area contributed by atoms with Crippen LogP contribution in [0, 0.1) is 0 Å². The van der Waals surface area contributed by atoms with Crippen molar-refractivity contribution < 1.29 is 37.3 Å². The number of nitrogens with one attached hydrogen (secondary N) is 1. The molecule has 0 aromatic rings. The Morgan fingerprint density at radius 3 is 1.28 bits per heavy atom. The molecule has 440 valence electrons. The summed E-state index contributed by atoms with van der Waals surface area (Å²) < 4.78 is 30.3. The molecule has 10 heteroatoms. The molecule has 0 saturated heterocycles. The van der Waals surface area contributed by atoms with E-state index in [1.165, 1.54) is 109 Å². The second-order valence-electron chi connectivity index (χ2n) is 22.2. The highest BCUT2D eigenvalue weighted by Gasteiger charge is 2.27. The molecule has 0 spiro atoms. The van der Waals surface area contributed by atoms with E-state index in [1.807, 2.05) is 33.3 Å². The average Bonchev–Trinajstić information content (AvgIpc) is 3.38. The minimum atomic E-state index is -4.71. The fraction of sp³-hybridized carbons (Fsp3) is 0.758. The van der Waals surface area contributed by atoms with Crippen molar-refractivity contribution in [3.8, 4) is 0 Å². The largest absolute Gasteiger partial charge is 0.756 e. The van der Waals surface area contributed by atoms with Gasteiger partial charge in [-0.1, -0.05) is 241 Å². The number of likely N-dealkylation sites (N-methyl/N-ethyl adjacent to an activating group) is 1. The molecule has 1 N–H and O–H groups in total. The van der Waals surface area contributed by atoms with Crippen molar-refractivity contribution in [3.63, 3.8) is 0 Å². The van der Waals surface area contributed by atoms with E-state index in [1.54, 1.807) is 0 Å². The van der Waals surface area contributed by atoms with E-state index < -0.39 is 26.6 Å². The summed E-state index contributed by atoms with van der Waals surface area (Å²) in [6.07, 6.45) is 72.6. The molecule has 3 atom stereocenters. The van der Waals surface area contributed by atoms with Crippen LogP contribution in [0.2, 0.25) is 0 Å². The SMILES string of the molecule is CC/C=C\C/C=C\C/C=C\C/C=C\C/C=C\CCCCCCCC(=O)OC(/C=C/CCCCCCCCCCCCC)C(COP(=O)([O-])OCC[N+](C)(C)C)NC(=O)CCCCCCC/C=C/CCCCCCCCC. The Morgan fingerprint density at radius 1 is 0.474 bits per heavy atom. The molecule has 0 aliphatic heterocycles. The van der Waals surface area contributed by atoms with Crippen LogP contribution >= 0.6 is 7.82 Å². The van der Waals surface area contributed by atoms with Gasteiger partial charge in [0.05, 0.1) is 33.8 Å². The van der Waals surface area contributed by atoms with Gasteiger partial charge in [0.25, 0.3) is 7.82 Å². The summed E-state index contributed by atoms with van der Waals surface area (Å²) in [5, 5.41) is 3.02. The van der Waals surface area contributed by atoms with Crippen LogP contribution in [-0.4, -0.2) is 69.4 Å². The van der Waals surface area contributed by atoms with E-state index in [0.717, 1.165) is 122 Å². The van der Waals surface area contributed by atoms with Gasteiger partial charge >= 0.3 is 5.97 Å². The number of carbonyl (C=O) groups excluding carboxylic acids is 2. The van der Waals surface area contributed by atoms with Crippen LogP contribution in [0.25, 0.3) is 0 Å². The summed E-state index contributed by atoms with van der Waals surface area (Å²) in [6, 6.07) is -0.905. The highest BCUT2D eigenvalue weighted by Crippen LogP contribution is 2.38. The number of rotatable bonds is 56. The first-order chi connectivity index (χ1) is 36.9. The number of allylic oxidation sites excluding steroid dienone is 13. The fourth-order valence-electron chi connectivity index (χ4n) is 8.72. The Morgan fingerprint density at radius 2 is 0.842 bits per heavy atom. The van der Waals surface area contributed by atoms with Gasteiger partial charge in [-0.05, 0) is 102 Å². The number of phosphoric acid groups is 1. The maximum Gasteiger partial charge on any atom is 0.306 e. The van der Waals surface area contributed by atoms with E-state index in [9.17, 15) is 19.0 Å². The van der Waals surface area contributed by atoms with Crippen molar-refractivity contribution in [2.45, 2.75) is 283 Å². The number of carbonyl (C=O) groups is 2. The number of quaternary nitrogens is 1. The van der Waals surface area contributed by atoms with Gasteiger partial charge in [0, 0.05) is 12.8 Å². The van der Waals surface area contributed by atoms with Crippen LogP contribution in [0.5, 0.6) is 0 Å². The lowest BCUT2D eigenvalue weighted by atomic mass is 10.0. The molecule has 0 aliphatic rings. The first-order valence-corrected chi connectivity index (χ1v) is 32.9. The van der Waals surface area contributed by atoms with Gasteiger partial charge in [0.15, 0.2) is 0 Å². The molecule has 0 aromatic heterocycles. The highest BCUT2D eigenvalue weighted by atomic mass is 31.2. The summed E-state index contributed by atoms with van der Waals surface area (Å²) in [6.45, 7) is 6.71. The molecule has 0 fully saturated rings. The predicted molar refractivity (Wildman–Crippen MR) is 325 cm³/mol. The van der Waals surface area contributed by atoms with Crippen LogP contribution in [0.15, 0.2) is 85.1 Å². The number of ether oxygens (including phenoxy) is 1. The van der Waals surface area contributed by atoms with E-state index >= 15 is 0 Å². The number of hydrogen-bond donors (Lipinski definition) is 1. The van der Waals surface area contributed by atoms with Crippen LogP contribution in [0.1, 0.15) is 271 Å². The van der Waals surface area contributed by atoms with Crippen LogP contribution in [0.3, 0.4) is 0 Å². The fourth-order valence-corrected chi connectivity index (χ4v) is 9.44. The molecular formula is C66H119N2O7P. The number of amides is 1. The molecule has 9 nitrogen and oxygen atoms in total. The molecular weight excluding hydrogens is 964 g/mol. The van der Waals surface area contributed by atoms with E-state index in [-0.39, 0.29) is 24.9 Å². The first kappa shape index (κ1) is 73.2. The Hall–Kier alpha value is -2.81. The summed E-state index contributed by atoms with van der Waals surface area (Å²) in [7, 11) is 1.16. The number of esters is 1. The zero-order valence-corrected chi connectivity index (χ0v) is 51.1. The third-order valence-electron chi connectivity index (χ3n) is 13.6. The first-order valence-electron chi connectivity index (χ1n) is 31.4. The van der Waals surface area contributed by atoms with Crippen molar-refractivity contribution in [1.82, 2.24) is 5.32 Å². The highest BCUT2D eigenvalue weighted by molar-refractivity contribution is 7.45. The minimum Gasteiger partial charge on any atom is -0.756 e. The van der Waals surface area contributed by atoms with Gasteiger partial charge in [-0.3, -0.25) is 14.2 Å². The third kappa shape index (κ3) is 55.9. The standard InChI is InChI=1S/C66H119N2O7P/c1-7-10-13-16-19-22-25-28-30-32-33-34-35-36-38-41-44-47-50-53-56-59-66(70)75-64(57-54-51-48-45-42-39-27-24-21-18-15-12-9-3)63(62-74-76(71,72)73-61-60-68(4,5)6)67-65(69)58-55-52-49-46-43-40-37-31-29-26-23-20-17-14-11-8-2/h10,13,19,22,28,30-31,33-34,36-38,54,57,63-64H,7-9,11-12,14-18,20-21,23-27,29,32,35,39-53,55-56,58-62H2,1-6H3,(H-,67,69,71,72)/b13-10-,22-19-,30-28-,34-33-,37-31+,38-36-,57-54+. The molecule has 76 heavy (non-hydrogen) atoms. The molecule has 0 aromatic carbocycles. The summed E-state index contributed by atoms with van der Waals surface area (Å²) >= 11 is 0. The number of unbranched alkanes of at least 4 members (excludes halogenated alkanes) is 28. The smallest absolute Gasteiger partial charge is 0.306 e. The lowest BCUT2D eigenvalue weighted by molar-refractivity contribution is -0.870. The molecule has 3 unspecified atom stereocenters. The molecule has 0 radical (unpaired) electrons. The lowest BCUT2D eigenvalue weighted by Crippen LogP contribution is -2.47. The molecule has 1 amide bonds. The second kappa shape index (κ2) is 55.5. The molecule has 0 bridgehead atoms. The van der Waals surface area contributed by atoms with Crippen LogP contribution in [-0.2, 0) is 27.9 Å². The maximum atomic E-state index is 13.5. The zero-order valence-electron chi connectivity index (χ0n) is 50.2. The van der Waals surface area contributed by atoms with Crippen molar-refractivity contribution in [3.05, 3.63) is 85.1 Å². The number of hydrogen-bond acceptors (Lipinski definition) is 7. The Balaban J connectivity index is 5.33. The topological polar surface area (TPSA) is 114 Å². The van der Waals surface area contributed by atoms with Crippen molar-refractivity contribution >= 4 is 19.7 Å². The molecule has 0 rings (SSSR count). The minimum absolute atomic E-state index is 0.0303. The Bertz CT molecular complexity index is 1580. The molecule has 0 aliphatic carbocycles. The second-order valence-corrected chi connectivity index (χ2v) is 23.6. The Kier molecular flexibility index (Phi) is 53.5. The van der Waals surface area contributed by atoms with Crippen molar-refractivity contribution in [2.75, 3.05) is 40.9 Å². The number of nitrogens with zero attached hydrogens (tertiary/aromatic N) is 1. The zero-order chi connectivity index (χ0) is 55.7. The summed E-state index contributed by atoms with van der Waals surface area (Å²) in [5.41, 5.74) is 0. The lowest BCUT2D eigenvalue weighted by Gasteiger charge is -2.30. The van der Waals surface area contributed by atoms with Gasteiger partial charge < -0.3 is 28.5 Å². The molecule has 0 heterocycles. The van der Waals surface area contributed by atoms with E-state index in [0.29, 0.717) is 23.9 Å². The van der Waals surface area contributed by atoms with Gasteiger partial charge in [-0.15, -0.1) is 0 Å². The third-order valence-corrected chi connectivity index (χ3v) is 14.5. The monoisotopic (exact) mass is 1080 g/mol. The molecule has 0 saturated carbocycles. The van der Waals surface area contributed by atoms with Crippen molar-refractivity contribution in [1.29, 1.82) is 0 Å². The van der Waals surface area contributed by atoms with Crippen LogP contribution in [0.4, 0.5) is 0 Å². The van der Waals surface area contributed by atoms with Gasteiger partial charge in [0.2, 0.25) is 5.91 Å². The summed E-state index contributed by atoms with van der Waals surface area (Å²) in [4.78, 5) is 40.0. The maximum absolute atomic E-state index is 13.5. The average molecular weight is 1080 g/mol. The Labute approximate surface area is 469 Å². The van der Waals surface area contributed by atoms with E-state index in [4.69, 9.17) is 13.8 Å². The van der Waals surface area contributed by atoms with Gasteiger partial charge in [-0.25, -0.2) is 0 Å². The van der Waals surface area contributed by atoms with Crippen LogP contribution < -0.4 is 10.2 Å². The summed E-state index contributed by atoms with van der Waals surface area (Å²) in [5.74, 6) is -0.572. The van der Waals surface area contributed by atoms with Crippen molar-refractivity contribution in [2.24, 2.45) is 0 Å². The van der Waals surface area contributed by atoms with Gasteiger partial charge in [0.1, 0.15) is 19.3 Å². The van der Waals surface area contributed by atoms with Gasteiger partial charge in [-0.2, -0.15) is 0 Å². The quantitative estimate of drug-likeness (QED) is 0.0212. The van der Waals surface area contributed by atoms with E-state index in [2.05, 4.69) is 99.0 Å². The number of phosphoric ester groups is 1. The predicted octanol–water partition coefficient (Wildman–Crippen LogP) is 18.8.